The van der Waals surface area contributed by atoms with Crippen molar-refractivity contribution >= 4 is 39.4 Å². The van der Waals surface area contributed by atoms with Crippen molar-refractivity contribution in [3.63, 3.8) is 0 Å². The minimum absolute atomic E-state index is 0.0740. The first-order valence-corrected chi connectivity index (χ1v) is 6.30. The average Bonchev–Trinajstić information content (AvgIpc) is 2.28. The molecule has 0 aliphatic carbocycles. The number of carboxylic acids is 1. The summed E-state index contributed by atoms with van der Waals surface area (Å²) in [4.78, 5) is 22.7. The van der Waals surface area contributed by atoms with Crippen LogP contribution in [0.2, 0.25) is 5.02 Å². The van der Waals surface area contributed by atoms with Gasteiger partial charge in [0.2, 0.25) is 0 Å². The number of hydrogen-bond donors (Lipinski definition) is 1. The molecular formula is C11H8BrClF3NO3. The second-order valence-corrected chi connectivity index (χ2v) is 5.00. The van der Waals surface area contributed by atoms with E-state index in [1.54, 1.807) is 0 Å². The van der Waals surface area contributed by atoms with Crippen molar-refractivity contribution in [1.29, 1.82) is 0 Å². The zero-order chi connectivity index (χ0) is 15.5. The molecule has 0 aliphatic rings. The molecule has 0 unspecified atom stereocenters. The fraction of sp³-hybridized carbons (Fsp3) is 0.273. The van der Waals surface area contributed by atoms with Gasteiger partial charge in [-0.3, -0.25) is 9.59 Å². The van der Waals surface area contributed by atoms with Gasteiger partial charge in [0.1, 0.15) is 13.1 Å². The number of carboxylic acid groups (broad SMARTS) is 1. The van der Waals surface area contributed by atoms with Crippen LogP contribution in [-0.2, 0) is 4.79 Å². The van der Waals surface area contributed by atoms with Crippen LogP contribution in [0.5, 0.6) is 0 Å². The van der Waals surface area contributed by atoms with Gasteiger partial charge in [-0.25, -0.2) is 0 Å². The Morgan fingerprint density at radius 3 is 2.45 bits per heavy atom. The van der Waals surface area contributed by atoms with Gasteiger partial charge in [0.25, 0.3) is 5.91 Å². The smallest absolute Gasteiger partial charge is 0.406 e. The lowest BCUT2D eigenvalue weighted by Gasteiger charge is -2.22. The van der Waals surface area contributed by atoms with E-state index in [0.717, 1.165) is 0 Å². The predicted molar refractivity (Wildman–Crippen MR) is 68.7 cm³/mol. The van der Waals surface area contributed by atoms with Crippen molar-refractivity contribution < 1.29 is 27.9 Å². The van der Waals surface area contributed by atoms with E-state index in [1.165, 1.54) is 18.2 Å². The Balaban J connectivity index is 3.10. The molecule has 0 saturated heterocycles. The molecule has 9 heteroatoms. The van der Waals surface area contributed by atoms with Crippen molar-refractivity contribution in [1.82, 2.24) is 4.90 Å². The van der Waals surface area contributed by atoms with Gasteiger partial charge in [-0.05, 0) is 28.1 Å². The van der Waals surface area contributed by atoms with Crippen molar-refractivity contribution in [2.45, 2.75) is 6.18 Å². The van der Waals surface area contributed by atoms with Gasteiger partial charge in [-0.2, -0.15) is 13.2 Å². The monoisotopic (exact) mass is 373 g/mol. The van der Waals surface area contributed by atoms with Crippen LogP contribution in [-0.4, -0.2) is 41.1 Å². The maximum absolute atomic E-state index is 12.4. The lowest BCUT2D eigenvalue weighted by molar-refractivity contribution is -0.149. The molecule has 1 rings (SSSR count). The number of hydrogen-bond acceptors (Lipinski definition) is 2. The fourth-order valence-electron chi connectivity index (χ4n) is 1.42. The van der Waals surface area contributed by atoms with Crippen LogP contribution in [0.25, 0.3) is 0 Å². The largest absolute Gasteiger partial charge is 0.480 e. The van der Waals surface area contributed by atoms with E-state index in [0.29, 0.717) is 4.47 Å². The van der Waals surface area contributed by atoms with Gasteiger partial charge in [0.15, 0.2) is 0 Å². The number of nitrogens with zero attached hydrogens (tertiary/aromatic N) is 1. The summed E-state index contributed by atoms with van der Waals surface area (Å²) in [5.41, 5.74) is -0.202. The van der Waals surface area contributed by atoms with Crippen LogP contribution in [0.4, 0.5) is 13.2 Å². The molecule has 0 saturated carbocycles. The van der Waals surface area contributed by atoms with E-state index < -0.39 is 31.1 Å². The summed E-state index contributed by atoms with van der Waals surface area (Å²) in [5, 5.41) is 8.52. The first-order chi connectivity index (χ1) is 9.11. The molecule has 0 heterocycles. The van der Waals surface area contributed by atoms with E-state index in [1.807, 2.05) is 0 Å². The van der Waals surface area contributed by atoms with Gasteiger partial charge in [0, 0.05) is 4.47 Å². The minimum atomic E-state index is -4.70. The normalized spacial score (nSPS) is 11.2. The molecular weight excluding hydrogens is 366 g/mol. The van der Waals surface area contributed by atoms with Crippen molar-refractivity contribution in [2.24, 2.45) is 0 Å². The third-order valence-electron chi connectivity index (χ3n) is 2.17. The molecule has 0 aliphatic heterocycles. The quantitative estimate of drug-likeness (QED) is 0.880. The Kier molecular flexibility index (Phi) is 5.41. The van der Waals surface area contributed by atoms with Crippen LogP contribution < -0.4 is 0 Å². The zero-order valence-electron chi connectivity index (χ0n) is 9.75. The highest BCUT2D eigenvalue weighted by atomic mass is 79.9. The average molecular weight is 375 g/mol. The molecule has 1 aromatic carbocycles. The molecule has 0 spiro atoms. The molecule has 1 amide bonds. The Labute approximate surface area is 125 Å². The van der Waals surface area contributed by atoms with Crippen LogP contribution >= 0.6 is 27.5 Å². The van der Waals surface area contributed by atoms with Gasteiger partial charge in [-0.15, -0.1) is 0 Å². The molecule has 0 atom stereocenters. The Hall–Kier alpha value is -1.28. The van der Waals surface area contributed by atoms with Crippen LogP contribution in [0.15, 0.2) is 22.7 Å². The molecule has 0 bridgehead atoms. The highest BCUT2D eigenvalue weighted by Crippen LogP contribution is 2.27. The minimum Gasteiger partial charge on any atom is -0.480 e. The van der Waals surface area contributed by atoms with Crippen molar-refractivity contribution in [3.8, 4) is 0 Å². The van der Waals surface area contributed by atoms with E-state index in [2.05, 4.69) is 15.9 Å². The number of amides is 1. The molecule has 110 valence electrons. The molecule has 1 aromatic rings. The molecule has 0 aromatic heterocycles. The first kappa shape index (κ1) is 16.8. The Morgan fingerprint density at radius 2 is 1.95 bits per heavy atom. The maximum atomic E-state index is 12.4. The number of benzene rings is 1. The zero-order valence-corrected chi connectivity index (χ0v) is 12.1. The summed E-state index contributed by atoms with van der Waals surface area (Å²) in [7, 11) is 0. The first-order valence-electron chi connectivity index (χ1n) is 5.13. The van der Waals surface area contributed by atoms with Gasteiger partial charge >= 0.3 is 12.1 Å². The number of carbonyl (C=O) groups excluding carboxylic acids is 1. The van der Waals surface area contributed by atoms with E-state index >= 15 is 0 Å². The number of halogens is 5. The number of aliphatic carboxylic acids is 1. The summed E-state index contributed by atoms with van der Waals surface area (Å²) >= 11 is 8.85. The summed E-state index contributed by atoms with van der Waals surface area (Å²) in [6.07, 6.45) is -4.70. The topological polar surface area (TPSA) is 57.6 Å². The van der Waals surface area contributed by atoms with Gasteiger partial charge in [0.05, 0.1) is 10.6 Å². The highest BCUT2D eigenvalue weighted by molar-refractivity contribution is 9.10. The van der Waals surface area contributed by atoms with Gasteiger partial charge in [-0.1, -0.05) is 17.7 Å². The van der Waals surface area contributed by atoms with E-state index in [9.17, 15) is 22.8 Å². The van der Waals surface area contributed by atoms with Crippen molar-refractivity contribution in [3.05, 3.63) is 33.3 Å². The number of rotatable bonds is 4. The maximum Gasteiger partial charge on any atom is 0.406 e. The summed E-state index contributed by atoms with van der Waals surface area (Å²) in [6, 6.07) is 4.14. The van der Waals surface area contributed by atoms with Crippen LogP contribution in [0, 0.1) is 0 Å². The SMILES string of the molecule is O=C(O)CN(CC(F)(F)F)C(=O)c1cccc(Br)c1Cl. The number of carbonyl (C=O) groups is 2. The standard InChI is InChI=1S/C11H8BrClF3NO3/c12-7-3-1-2-6(9(7)13)10(20)17(4-8(18)19)5-11(14,15)16/h1-3H,4-5H2,(H,18,19). The highest BCUT2D eigenvalue weighted by Gasteiger charge is 2.34. The summed E-state index contributed by atoms with van der Waals surface area (Å²) in [5.74, 6) is -2.65. The lowest BCUT2D eigenvalue weighted by atomic mass is 10.2. The third kappa shape index (κ3) is 4.68. The van der Waals surface area contributed by atoms with Crippen molar-refractivity contribution in [2.75, 3.05) is 13.1 Å². The second-order valence-electron chi connectivity index (χ2n) is 3.77. The van der Waals surface area contributed by atoms with E-state index in [4.69, 9.17) is 16.7 Å². The fourth-order valence-corrected chi connectivity index (χ4v) is 1.99. The summed E-state index contributed by atoms with van der Waals surface area (Å²) in [6.45, 7) is -2.73. The lowest BCUT2D eigenvalue weighted by Crippen LogP contribution is -2.42. The van der Waals surface area contributed by atoms with Crippen LogP contribution in [0.3, 0.4) is 0 Å². The molecule has 0 radical (unpaired) electrons. The third-order valence-corrected chi connectivity index (χ3v) is 3.46. The summed E-state index contributed by atoms with van der Waals surface area (Å²) < 4.78 is 37.5. The second kappa shape index (κ2) is 6.45. The molecule has 1 N–H and O–H groups in total. The molecule has 4 nitrogen and oxygen atoms in total. The Morgan fingerprint density at radius 1 is 1.35 bits per heavy atom. The van der Waals surface area contributed by atoms with Gasteiger partial charge < -0.3 is 10.0 Å². The predicted octanol–water partition coefficient (Wildman–Crippen LogP) is 3.19. The van der Waals surface area contributed by atoms with E-state index in [-0.39, 0.29) is 15.5 Å². The van der Waals surface area contributed by atoms with Crippen LogP contribution in [0.1, 0.15) is 10.4 Å². The Bertz CT molecular complexity index is 536. The molecule has 0 fully saturated rings. The number of alkyl halides is 3. The molecule has 20 heavy (non-hydrogen) atoms.